The van der Waals surface area contributed by atoms with E-state index >= 15 is 0 Å². The van der Waals surface area contributed by atoms with Gasteiger partial charge in [0.05, 0.1) is 6.61 Å². The van der Waals surface area contributed by atoms with Gasteiger partial charge in [-0.3, -0.25) is 9.59 Å². The number of hydrogen-bond acceptors (Lipinski definition) is 4. The van der Waals surface area contributed by atoms with Crippen LogP contribution in [0.4, 0.5) is 0 Å². The summed E-state index contributed by atoms with van der Waals surface area (Å²) < 4.78 is 11.2. The summed E-state index contributed by atoms with van der Waals surface area (Å²) in [7, 11) is 1.66. The normalized spacial score (nSPS) is 13.0. The lowest BCUT2D eigenvalue weighted by molar-refractivity contribution is -0.117. The van der Waals surface area contributed by atoms with E-state index in [-0.39, 0.29) is 36.6 Å². The van der Waals surface area contributed by atoms with Gasteiger partial charge in [0.2, 0.25) is 5.91 Å². The monoisotopic (exact) mass is 502 g/mol. The van der Waals surface area contributed by atoms with Crippen LogP contribution in [0, 0.1) is 0 Å². The maximum atomic E-state index is 12.8. The molecule has 1 heterocycles. The lowest BCUT2D eigenvalue weighted by Gasteiger charge is -2.26. The lowest BCUT2D eigenvalue weighted by Crippen LogP contribution is -2.35. The number of likely N-dealkylation sites (tertiary alicyclic amines) is 1. The molecule has 35 heavy (non-hydrogen) atoms. The van der Waals surface area contributed by atoms with Crippen molar-refractivity contribution in [3.8, 4) is 16.9 Å². The van der Waals surface area contributed by atoms with Gasteiger partial charge < -0.3 is 25.8 Å². The first-order chi connectivity index (χ1) is 16.5. The third-order valence-electron chi connectivity index (χ3n) is 5.76. The molecule has 0 aromatic heterocycles. The Balaban J connectivity index is 0.00000432. The molecule has 8 nitrogen and oxygen atoms in total. The Morgan fingerprint density at radius 3 is 2.37 bits per heavy atom. The van der Waals surface area contributed by atoms with E-state index in [1.165, 1.54) is 6.42 Å². The fraction of sp³-hybridized carbons (Fsp3) is 0.423. The molecule has 0 aliphatic carbocycles. The van der Waals surface area contributed by atoms with Gasteiger partial charge in [0.1, 0.15) is 5.75 Å². The van der Waals surface area contributed by atoms with Crippen molar-refractivity contribution in [2.24, 2.45) is 16.5 Å². The molecule has 0 radical (unpaired) electrons. The minimum atomic E-state index is -0.361. The molecule has 190 valence electrons. The maximum absolute atomic E-state index is 12.8. The van der Waals surface area contributed by atoms with Gasteiger partial charge in [-0.25, -0.2) is 0 Å². The van der Waals surface area contributed by atoms with Crippen LogP contribution in [0.15, 0.2) is 47.5 Å². The molecule has 9 heteroatoms. The van der Waals surface area contributed by atoms with Crippen LogP contribution in [0.25, 0.3) is 11.1 Å². The van der Waals surface area contributed by atoms with Crippen LogP contribution in [0.5, 0.6) is 5.75 Å². The number of rotatable bonds is 10. The second-order valence-electron chi connectivity index (χ2n) is 8.39. The fourth-order valence-electron chi connectivity index (χ4n) is 3.99. The molecular formula is C26H35ClN4O4. The van der Waals surface area contributed by atoms with Crippen LogP contribution in [-0.4, -0.2) is 56.1 Å². The van der Waals surface area contributed by atoms with E-state index in [9.17, 15) is 9.59 Å². The fourth-order valence-corrected chi connectivity index (χ4v) is 3.99. The van der Waals surface area contributed by atoms with Crippen LogP contribution in [0.2, 0.25) is 0 Å². The number of guanidine groups is 1. The van der Waals surface area contributed by atoms with Crippen molar-refractivity contribution < 1.29 is 19.1 Å². The Morgan fingerprint density at radius 1 is 1.00 bits per heavy atom. The highest BCUT2D eigenvalue weighted by atomic mass is 35.5. The summed E-state index contributed by atoms with van der Waals surface area (Å²) in [6, 6.07) is 13.6. The molecule has 1 aliphatic rings. The van der Waals surface area contributed by atoms with Gasteiger partial charge >= 0.3 is 0 Å². The highest BCUT2D eigenvalue weighted by Gasteiger charge is 2.18. The van der Waals surface area contributed by atoms with E-state index in [4.69, 9.17) is 20.9 Å². The third kappa shape index (κ3) is 8.56. The zero-order valence-corrected chi connectivity index (χ0v) is 21.0. The number of ether oxygens (including phenoxy) is 2. The number of nitrogens with zero attached hydrogens (tertiary/aromatic N) is 2. The van der Waals surface area contributed by atoms with Crippen molar-refractivity contribution in [2.75, 3.05) is 33.4 Å². The lowest BCUT2D eigenvalue weighted by atomic mass is 9.99. The van der Waals surface area contributed by atoms with Crippen LogP contribution < -0.4 is 16.2 Å². The number of aliphatic imine (C=N–C) groups is 1. The average molecular weight is 503 g/mol. The largest absolute Gasteiger partial charge is 0.493 e. The predicted octanol–water partition coefficient (Wildman–Crippen LogP) is 3.55. The standard InChI is InChI=1S/C26H34N4O4.ClH/c1-33-16-5-17-34-23-18-19(7-13-24(31)29-26(27)28)6-12-22(23)20-8-10-21(11-9-20)25(32)30-14-3-2-4-15-30;/h6,8-12,18H,2-5,7,13-17H2,1H3,(H4,27,28,29,31);1H. The van der Waals surface area contributed by atoms with Gasteiger partial charge in [0.15, 0.2) is 5.96 Å². The van der Waals surface area contributed by atoms with E-state index in [1.54, 1.807) is 7.11 Å². The topological polar surface area (TPSA) is 120 Å². The van der Waals surface area contributed by atoms with Gasteiger partial charge in [-0.15, -0.1) is 12.4 Å². The summed E-state index contributed by atoms with van der Waals surface area (Å²) in [5.41, 5.74) is 14.1. The first-order valence-electron chi connectivity index (χ1n) is 11.7. The Kier molecular flexibility index (Phi) is 11.5. The zero-order chi connectivity index (χ0) is 24.3. The van der Waals surface area contributed by atoms with Gasteiger partial charge in [0, 0.05) is 50.8 Å². The first kappa shape index (κ1) is 28.1. The number of nitrogens with two attached hydrogens (primary N) is 2. The molecule has 3 rings (SSSR count). The van der Waals surface area contributed by atoms with Crippen molar-refractivity contribution in [1.29, 1.82) is 0 Å². The number of amides is 2. The molecule has 1 fully saturated rings. The molecule has 0 atom stereocenters. The van der Waals surface area contributed by atoms with Crippen molar-refractivity contribution in [1.82, 2.24) is 4.90 Å². The quantitative estimate of drug-likeness (QED) is 0.291. The number of piperidine rings is 1. The van der Waals surface area contributed by atoms with Crippen LogP contribution in [-0.2, 0) is 16.0 Å². The van der Waals surface area contributed by atoms with Crippen molar-refractivity contribution >= 4 is 30.2 Å². The molecular weight excluding hydrogens is 468 g/mol. The first-order valence-corrected chi connectivity index (χ1v) is 11.7. The zero-order valence-electron chi connectivity index (χ0n) is 20.2. The number of aryl methyl sites for hydroxylation is 1. The number of benzene rings is 2. The SMILES string of the molecule is COCCCOc1cc(CCC(=O)N=C(N)N)ccc1-c1ccc(C(=O)N2CCCCC2)cc1.Cl. The smallest absolute Gasteiger partial charge is 0.253 e. The molecule has 4 N–H and O–H groups in total. The summed E-state index contributed by atoms with van der Waals surface area (Å²) in [5.74, 6) is 0.214. The molecule has 2 aromatic rings. The summed E-state index contributed by atoms with van der Waals surface area (Å²) in [6.07, 6.45) is 4.77. The van der Waals surface area contributed by atoms with Crippen molar-refractivity contribution in [3.05, 3.63) is 53.6 Å². The molecule has 0 saturated carbocycles. The third-order valence-corrected chi connectivity index (χ3v) is 5.76. The number of halogens is 1. The van der Waals surface area contributed by atoms with Crippen LogP contribution in [0.1, 0.15) is 48.0 Å². The summed E-state index contributed by atoms with van der Waals surface area (Å²) >= 11 is 0. The van der Waals surface area contributed by atoms with E-state index in [0.29, 0.717) is 25.2 Å². The number of carbonyl (C=O) groups is 2. The molecule has 2 amide bonds. The molecule has 0 spiro atoms. The molecule has 1 aliphatic heterocycles. The van der Waals surface area contributed by atoms with E-state index in [1.807, 2.05) is 47.4 Å². The second-order valence-corrected chi connectivity index (χ2v) is 8.39. The summed E-state index contributed by atoms with van der Waals surface area (Å²) in [4.78, 5) is 30.1. The van der Waals surface area contributed by atoms with Gasteiger partial charge in [-0.1, -0.05) is 24.3 Å². The van der Waals surface area contributed by atoms with E-state index in [0.717, 1.165) is 54.8 Å². The van der Waals surface area contributed by atoms with E-state index < -0.39 is 0 Å². The Labute approximate surface area is 213 Å². The highest BCUT2D eigenvalue weighted by molar-refractivity contribution is 5.95. The number of hydrogen-bond donors (Lipinski definition) is 2. The minimum absolute atomic E-state index is 0. The minimum Gasteiger partial charge on any atom is -0.493 e. The van der Waals surface area contributed by atoms with Crippen molar-refractivity contribution in [3.63, 3.8) is 0 Å². The van der Waals surface area contributed by atoms with Crippen LogP contribution >= 0.6 is 12.4 Å². The molecule has 0 bridgehead atoms. The van der Waals surface area contributed by atoms with Gasteiger partial charge in [0.25, 0.3) is 5.91 Å². The second kappa shape index (κ2) is 14.3. The van der Waals surface area contributed by atoms with E-state index in [2.05, 4.69) is 4.99 Å². The number of methoxy groups -OCH3 is 1. The van der Waals surface area contributed by atoms with Gasteiger partial charge in [-0.05, 0) is 55.0 Å². The Morgan fingerprint density at radius 2 is 1.71 bits per heavy atom. The van der Waals surface area contributed by atoms with Crippen LogP contribution in [0.3, 0.4) is 0 Å². The maximum Gasteiger partial charge on any atom is 0.253 e. The van der Waals surface area contributed by atoms with Crippen molar-refractivity contribution in [2.45, 2.75) is 38.5 Å². The average Bonchev–Trinajstić information content (AvgIpc) is 2.85. The number of carbonyl (C=O) groups excluding carboxylic acids is 2. The Hall–Kier alpha value is -3.10. The summed E-state index contributed by atoms with van der Waals surface area (Å²) in [6.45, 7) is 2.76. The molecule has 2 aromatic carbocycles. The Bertz CT molecular complexity index is 1000. The predicted molar refractivity (Wildman–Crippen MR) is 140 cm³/mol. The molecule has 1 saturated heterocycles. The van der Waals surface area contributed by atoms with Gasteiger partial charge in [-0.2, -0.15) is 4.99 Å². The highest BCUT2D eigenvalue weighted by Crippen LogP contribution is 2.32. The summed E-state index contributed by atoms with van der Waals surface area (Å²) in [5, 5.41) is 0. The molecule has 0 unspecified atom stereocenters.